The van der Waals surface area contributed by atoms with Crippen LogP contribution in [0, 0.1) is 12.8 Å². The largest absolute Gasteiger partial charge is 0.497 e. The van der Waals surface area contributed by atoms with E-state index in [1.165, 1.54) is 0 Å². The van der Waals surface area contributed by atoms with Crippen LogP contribution >= 0.6 is 0 Å². The summed E-state index contributed by atoms with van der Waals surface area (Å²) in [5, 5.41) is 5.82. The third kappa shape index (κ3) is 6.13. The van der Waals surface area contributed by atoms with E-state index in [-0.39, 0.29) is 30.2 Å². The number of carbonyl (C=O) groups excluding carboxylic acids is 3. The Morgan fingerprint density at radius 3 is 2.28 bits per heavy atom. The zero-order valence-corrected chi connectivity index (χ0v) is 20.5. The number of likely N-dealkylation sites (tertiary alicyclic amines) is 1. The van der Waals surface area contributed by atoms with E-state index in [0.29, 0.717) is 48.6 Å². The summed E-state index contributed by atoms with van der Waals surface area (Å²) in [7, 11) is 1.58. The number of rotatable bonds is 8. The molecule has 8 heteroatoms. The predicted octanol–water partition coefficient (Wildman–Crippen LogP) is 3.56. The van der Waals surface area contributed by atoms with Crippen LogP contribution < -0.4 is 15.4 Å². The van der Waals surface area contributed by atoms with Gasteiger partial charge in [0.15, 0.2) is 0 Å². The molecular weight excluding hydrogens is 458 g/mol. The summed E-state index contributed by atoms with van der Waals surface area (Å²) in [5.41, 5.74) is 2.14. The van der Waals surface area contributed by atoms with Crippen LogP contribution in [-0.4, -0.2) is 48.9 Å². The molecule has 2 heterocycles. The number of aryl methyl sites for hydroxylation is 1. The first-order valence-electron chi connectivity index (χ1n) is 12.1. The molecule has 2 aromatic carbocycles. The van der Waals surface area contributed by atoms with Crippen molar-refractivity contribution in [1.82, 2.24) is 15.5 Å². The first-order chi connectivity index (χ1) is 17.4. The molecule has 0 aliphatic carbocycles. The Kier molecular flexibility index (Phi) is 8.05. The van der Waals surface area contributed by atoms with Gasteiger partial charge in [-0.1, -0.05) is 17.7 Å². The lowest BCUT2D eigenvalue weighted by molar-refractivity contribution is -0.124. The summed E-state index contributed by atoms with van der Waals surface area (Å²) in [6, 6.07) is 17.1. The van der Waals surface area contributed by atoms with Crippen molar-refractivity contribution in [1.29, 1.82) is 0 Å². The average molecular weight is 490 g/mol. The van der Waals surface area contributed by atoms with E-state index in [1.807, 2.05) is 19.1 Å². The number of nitrogens with one attached hydrogen (secondary N) is 2. The standard InChI is InChI=1S/C28H31N3O5/c1-19-5-7-21(8-6-19)26(32)30-25(27(33)29-18-24-4-3-17-36-24)20-13-15-31(16-14-20)28(34)22-9-11-23(35-2)12-10-22/h3-12,17,20,25H,13-16,18H2,1-2H3,(H,29,33)(H,30,32)/t25-/m1/s1. The Balaban J connectivity index is 1.42. The molecule has 4 rings (SSSR count). The summed E-state index contributed by atoms with van der Waals surface area (Å²) in [5.74, 6) is 0.580. The van der Waals surface area contributed by atoms with Crippen molar-refractivity contribution in [3.05, 3.63) is 89.4 Å². The Morgan fingerprint density at radius 1 is 1.00 bits per heavy atom. The highest BCUT2D eigenvalue weighted by molar-refractivity contribution is 5.98. The minimum absolute atomic E-state index is 0.0568. The molecule has 0 saturated carbocycles. The molecule has 3 aromatic rings. The van der Waals surface area contributed by atoms with Gasteiger partial charge < -0.3 is 24.7 Å². The fraction of sp³-hybridized carbons (Fsp3) is 0.321. The van der Waals surface area contributed by atoms with E-state index in [9.17, 15) is 14.4 Å². The Labute approximate surface area is 210 Å². The van der Waals surface area contributed by atoms with Crippen LogP contribution in [0.4, 0.5) is 0 Å². The van der Waals surface area contributed by atoms with Crippen LogP contribution in [0.1, 0.15) is 44.9 Å². The van der Waals surface area contributed by atoms with Gasteiger partial charge in [0, 0.05) is 24.2 Å². The Morgan fingerprint density at radius 2 is 1.67 bits per heavy atom. The van der Waals surface area contributed by atoms with E-state index in [4.69, 9.17) is 9.15 Å². The van der Waals surface area contributed by atoms with Gasteiger partial charge in [0.05, 0.1) is 19.9 Å². The fourth-order valence-corrected chi connectivity index (χ4v) is 4.38. The number of amides is 3. The lowest BCUT2D eigenvalue weighted by Crippen LogP contribution is -2.53. The molecule has 1 saturated heterocycles. The maximum Gasteiger partial charge on any atom is 0.253 e. The molecule has 0 spiro atoms. The third-order valence-corrected chi connectivity index (χ3v) is 6.53. The van der Waals surface area contributed by atoms with Crippen molar-refractivity contribution >= 4 is 17.7 Å². The lowest BCUT2D eigenvalue weighted by Gasteiger charge is -2.36. The predicted molar refractivity (Wildman–Crippen MR) is 135 cm³/mol. The zero-order valence-electron chi connectivity index (χ0n) is 20.5. The van der Waals surface area contributed by atoms with Gasteiger partial charge in [-0.25, -0.2) is 0 Å². The molecule has 0 radical (unpaired) electrons. The second kappa shape index (κ2) is 11.6. The molecule has 0 unspecified atom stereocenters. The van der Waals surface area contributed by atoms with Crippen molar-refractivity contribution in [3.8, 4) is 5.75 Å². The summed E-state index contributed by atoms with van der Waals surface area (Å²) in [4.78, 5) is 40.9. The highest BCUT2D eigenvalue weighted by Gasteiger charge is 2.34. The number of hydrogen-bond acceptors (Lipinski definition) is 5. The molecule has 1 aliphatic rings. The quantitative estimate of drug-likeness (QED) is 0.504. The molecule has 3 amide bonds. The van der Waals surface area contributed by atoms with Crippen molar-refractivity contribution in [2.75, 3.05) is 20.2 Å². The van der Waals surface area contributed by atoms with Gasteiger partial charge in [0.1, 0.15) is 17.6 Å². The first kappa shape index (κ1) is 25.0. The average Bonchev–Trinajstić information content (AvgIpc) is 3.44. The number of benzene rings is 2. The highest BCUT2D eigenvalue weighted by atomic mass is 16.5. The van der Waals surface area contributed by atoms with Crippen LogP contribution in [-0.2, 0) is 11.3 Å². The van der Waals surface area contributed by atoms with Crippen LogP contribution in [0.2, 0.25) is 0 Å². The number of piperidine rings is 1. The molecule has 36 heavy (non-hydrogen) atoms. The first-order valence-corrected chi connectivity index (χ1v) is 12.1. The Bertz CT molecular complexity index is 1160. The minimum Gasteiger partial charge on any atom is -0.497 e. The van der Waals surface area contributed by atoms with Crippen LogP contribution in [0.15, 0.2) is 71.3 Å². The van der Waals surface area contributed by atoms with Gasteiger partial charge in [-0.15, -0.1) is 0 Å². The monoisotopic (exact) mass is 489 g/mol. The van der Waals surface area contributed by atoms with Crippen molar-refractivity contribution < 1.29 is 23.5 Å². The maximum atomic E-state index is 13.2. The highest BCUT2D eigenvalue weighted by Crippen LogP contribution is 2.24. The molecule has 1 fully saturated rings. The van der Waals surface area contributed by atoms with Crippen LogP contribution in [0.3, 0.4) is 0 Å². The maximum absolute atomic E-state index is 13.2. The number of carbonyl (C=O) groups is 3. The van der Waals surface area contributed by atoms with E-state index < -0.39 is 6.04 Å². The van der Waals surface area contributed by atoms with Gasteiger partial charge in [-0.05, 0) is 74.2 Å². The van der Waals surface area contributed by atoms with Crippen molar-refractivity contribution in [2.24, 2.45) is 5.92 Å². The zero-order chi connectivity index (χ0) is 25.5. The van der Waals surface area contributed by atoms with Gasteiger partial charge in [0.25, 0.3) is 11.8 Å². The number of nitrogens with zero attached hydrogens (tertiary/aromatic N) is 1. The summed E-state index contributed by atoms with van der Waals surface area (Å²) in [6.07, 6.45) is 2.73. The van der Waals surface area contributed by atoms with Gasteiger partial charge >= 0.3 is 0 Å². The summed E-state index contributed by atoms with van der Waals surface area (Å²) < 4.78 is 10.5. The number of methoxy groups -OCH3 is 1. The summed E-state index contributed by atoms with van der Waals surface area (Å²) in [6.45, 7) is 3.18. The number of hydrogen-bond donors (Lipinski definition) is 2. The van der Waals surface area contributed by atoms with E-state index >= 15 is 0 Å². The van der Waals surface area contributed by atoms with E-state index in [2.05, 4.69) is 10.6 Å². The van der Waals surface area contributed by atoms with Gasteiger partial charge in [-0.2, -0.15) is 0 Å². The minimum atomic E-state index is -0.730. The second-order valence-corrected chi connectivity index (χ2v) is 8.97. The summed E-state index contributed by atoms with van der Waals surface area (Å²) >= 11 is 0. The topological polar surface area (TPSA) is 101 Å². The smallest absolute Gasteiger partial charge is 0.253 e. The molecule has 2 N–H and O–H groups in total. The second-order valence-electron chi connectivity index (χ2n) is 8.97. The van der Waals surface area contributed by atoms with Crippen molar-refractivity contribution in [3.63, 3.8) is 0 Å². The molecule has 0 bridgehead atoms. The van der Waals surface area contributed by atoms with E-state index in [1.54, 1.807) is 66.8 Å². The molecular formula is C28H31N3O5. The Hall–Kier alpha value is -4.07. The van der Waals surface area contributed by atoms with Crippen LogP contribution in [0.5, 0.6) is 5.75 Å². The van der Waals surface area contributed by atoms with Gasteiger partial charge in [-0.3, -0.25) is 14.4 Å². The van der Waals surface area contributed by atoms with Gasteiger partial charge in [0.2, 0.25) is 5.91 Å². The normalized spacial score (nSPS) is 14.7. The molecule has 8 nitrogen and oxygen atoms in total. The molecule has 1 aliphatic heterocycles. The third-order valence-electron chi connectivity index (χ3n) is 6.53. The molecule has 1 aromatic heterocycles. The molecule has 1 atom stereocenters. The fourth-order valence-electron chi connectivity index (χ4n) is 4.38. The lowest BCUT2D eigenvalue weighted by atomic mass is 9.88. The SMILES string of the molecule is COc1ccc(C(=O)N2CCC([C@@H](NC(=O)c3ccc(C)cc3)C(=O)NCc3ccco3)CC2)cc1. The number of furan rings is 1. The van der Waals surface area contributed by atoms with E-state index in [0.717, 1.165) is 5.56 Å². The van der Waals surface area contributed by atoms with Crippen LogP contribution in [0.25, 0.3) is 0 Å². The van der Waals surface area contributed by atoms with Crippen molar-refractivity contribution in [2.45, 2.75) is 32.4 Å². The molecule has 188 valence electrons. The number of ether oxygens (including phenoxy) is 1.